The van der Waals surface area contributed by atoms with E-state index in [9.17, 15) is 14.4 Å². The molecule has 0 saturated carbocycles. The van der Waals surface area contributed by atoms with Crippen molar-refractivity contribution >= 4 is 41.2 Å². The highest BCUT2D eigenvalue weighted by Crippen LogP contribution is 2.36. The first-order chi connectivity index (χ1) is 17.2. The molecule has 0 unspecified atom stereocenters. The SMILES string of the molecule is CC(C)(C)OC(=O)N1CCc2ccc(Nc3ccc(Cl)c4c3C(=O)N(C(=O)OC(C)(C)C)C4)nc2CC1. The van der Waals surface area contributed by atoms with Crippen molar-refractivity contribution in [2.75, 3.05) is 18.4 Å². The first-order valence-electron chi connectivity index (χ1n) is 12.3. The Labute approximate surface area is 222 Å². The Balaban J connectivity index is 1.53. The van der Waals surface area contributed by atoms with E-state index in [1.165, 1.54) is 0 Å². The van der Waals surface area contributed by atoms with Crippen LogP contribution >= 0.6 is 11.6 Å². The second kappa shape index (κ2) is 9.85. The number of ether oxygens (including phenoxy) is 2. The second-order valence-electron chi connectivity index (χ2n) is 11.2. The summed E-state index contributed by atoms with van der Waals surface area (Å²) in [7, 11) is 0. The van der Waals surface area contributed by atoms with Crippen molar-refractivity contribution in [3.05, 3.63) is 51.7 Å². The van der Waals surface area contributed by atoms with E-state index in [-0.39, 0.29) is 12.6 Å². The van der Waals surface area contributed by atoms with Crippen LogP contribution in [0.4, 0.5) is 21.1 Å². The molecule has 10 heteroatoms. The molecule has 1 aromatic heterocycles. The number of pyridine rings is 1. The van der Waals surface area contributed by atoms with Gasteiger partial charge < -0.3 is 19.7 Å². The average molecular weight is 529 g/mol. The average Bonchev–Trinajstić information content (AvgIpc) is 2.99. The van der Waals surface area contributed by atoms with E-state index in [1.807, 2.05) is 32.9 Å². The molecule has 2 aromatic rings. The molecule has 9 nitrogen and oxygen atoms in total. The molecule has 0 aliphatic carbocycles. The highest BCUT2D eigenvalue weighted by atomic mass is 35.5. The maximum Gasteiger partial charge on any atom is 0.417 e. The molecule has 4 rings (SSSR count). The number of fused-ring (bicyclic) bond motifs is 2. The quantitative estimate of drug-likeness (QED) is 0.533. The molecular formula is C27H33ClN4O5. The largest absolute Gasteiger partial charge is 0.444 e. The van der Waals surface area contributed by atoms with Crippen LogP contribution in [0, 0.1) is 0 Å². The fourth-order valence-electron chi connectivity index (χ4n) is 4.25. The molecule has 1 N–H and O–H groups in total. The van der Waals surface area contributed by atoms with Crippen molar-refractivity contribution in [3.8, 4) is 0 Å². The predicted octanol–water partition coefficient (Wildman–Crippen LogP) is 5.71. The van der Waals surface area contributed by atoms with Crippen LogP contribution < -0.4 is 5.32 Å². The first-order valence-corrected chi connectivity index (χ1v) is 12.7. The topological polar surface area (TPSA) is 101 Å². The van der Waals surface area contributed by atoms with E-state index in [4.69, 9.17) is 26.1 Å². The molecule has 3 heterocycles. The fourth-order valence-corrected chi connectivity index (χ4v) is 4.47. The van der Waals surface area contributed by atoms with Gasteiger partial charge in [0.2, 0.25) is 0 Å². The zero-order chi connectivity index (χ0) is 27.1. The van der Waals surface area contributed by atoms with Crippen LogP contribution in [0.3, 0.4) is 0 Å². The van der Waals surface area contributed by atoms with Crippen molar-refractivity contribution < 1.29 is 23.9 Å². The summed E-state index contributed by atoms with van der Waals surface area (Å²) in [4.78, 5) is 45.9. The lowest BCUT2D eigenvalue weighted by Gasteiger charge is -2.26. The number of carbonyl (C=O) groups is 3. The van der Waals surface area contributed by atoms with E-state index in [2.05, 4.69) is 5.32 Å². The smallest absolute Gasteiger partial charge is 0.417 e. The lowest BCUT2D eigenvalue weighted by atomic mass is 10.1. The monoisotopic (exact) mass is 528 g/mol. The van der Waals surface area contributed by atoms with Crippen LogP contribution in [-0.2, 0) is 28.9 Å². The summed E-state index contributed by atoms with van der Waals surface area (Å²) in [5.74, 6) is 0.0783. The van der Waals surface area contributed by atoms with Crippen LogP contribution in [0.2, 0.25) is 5.02 Å². The molecular weight excluding hydrogens is 496 g/mol. The zero-order valence-corrected chi connectivity index (χ0v) is 22.9. The number of hydrogen-bond donors (Lipinski definition) is 1. The van der Waals surface area contributed by atoms with Crippen molar-refractivity contribution in [2.24, 2.45) is 0 Å². The number of benzene rings is 1. The van der Waals surface area contributed by atoms with Crippen molar-refractivity contribution in [1.82, 2.24) is 14.8 Å². The molecule has 0 radical (unpaired) electrons. The van der Waals surface area contributed by atoms with Crippen LogP contribution in [0.25, 0.3) is 0 Å². The number of amides is 3. The van der Waals surface area contributed by atoms with Gasteiger partial charge in [0, 0.05) is 35.8 Å². The van der Waals surface area contributed by atoms with Crippen LogP contribution in [0.15, 0.2) is 24.3 Å². The van der Waals surface area contributed by atoms with Gasteiger partial charge in [-0.3, -0.25) is 4.79 Å². The Hall–Kier alpha value is -3.33. The van der Waals surface area contributed by atoms with E-state index >= 15 is 0 Å². The fraction of sp³-hybridized carbons (Fsp3) is 0.481. The summed E-state index contributed by atoms with van der Waals surface area (Å²) in [6.07, 6.45) is 0.201. The standard InChI is InChI=1S/C27H33ClN4O5/c1-26(2,3)36-24(34)31-13-11-16-7-10-21(29-19(16)12-14-31)30-20-9-8-18(28)17-15-32(23(33)22(17)20)25(35)37-27(4,5)6/h7-10H,11-15H2,1-6H3,(H,29,30). The van der Waals surface area contributed by atoms with Gasteiger partial charge in [0.25, 0.3) is 5.91 Å². The summed E-state index contributed by atoms with van der Waals surface area (Å²) in [6, 6.07) is 7.22. The summed E-state index contributed by atoms with van der Waals surface area (Å²) in [5.41, 5.74) is 2.04. The van der Waals surface area contributed by atoms with Crippen LogP contribution in [-0.4, -0.2) is 57.2 Å². The molecule has 2 aliphatic heterocycles. The summed E-state index contributed by atoms with van der Waals surface area (Å²) in [6.45, 7) is 11.9. The molecule has 0 saturated heterocycles. The number of anilines is 2. The van der Waals surface area contributed by atoms with Gasteiger partial charge in [-0.25, -0.2) is 19.5 Å². The van der Waals surface area contributed by atoms with Gasteiger partial charge >= 0.3 is 12.2 Å². The maximum atomic E-state index is 13.2. The molecule has 0 bridgehead atoms. The second-order valence-corrected chi connectivity index (χ2v) is 11.6. The van der Waals surface area contributed by atoms with Gasteiger partial charge in [0.1, 0.15) is 17.0 Å². The van der Waals surface area contributed by atoms with E-state index in [0.717, 1.165) is 16.2 Å². The van der Waals surface area contributed by atoms with Gasteiger partial charge in [-0.15, -0.1) is 0 Å². The third kappa shape index (κ3) is 6.15. The minimum atomic E-state index is -0.734. The molecule has 0 fully saturated rings. The molecule has 3 amide bonds. The zero-order valence-electron chi connectivity index (χ0n) is 22.1. The number of aromatic nitrogens is 1. The number of rotatable bonds is 2. The van der Waals surface area contributed by atoms with E-state index in [1.54, 1.807) is 37.8 Å². The highest BCUT2D eigenvalue weighted by Gasteiger charge is 2.38. The summed E-state index contributed by atoms with van der Waals surface area (Å²) in [5, 5.41) is 3.63. The lowest BCUT2D eigenvalue weighted by Crippen LogP contribution is -2.38. The van der Waals surface area contributed by atoms with E-state index in [0.29, 0.717) is 53.6 Å². The highest BCUT2D eigenvalue weighted by molar-refractivity contribution is 6.32. The van der Waals surface area contributed by atoms with Crippen LogP contribution in [0.5, 0.6) is 0 Å². The Morgan fingerprint density at radius 2 is 1.59 bits per heavy atom. The number of carbonyl (C=O) groups excluding carboxylic acids is 3. The maximum absolute atomic E-state index is 13.2. The van der Waals surface area contributed by atoms with Crippen molar-refractivity contribution in [2.45, 2.75) is 72.1 Å². The summed E-state index contributed by atoms with van der Waals surface area (Å²) >= 11 is 6.39. The number of imide groups is 1. The van der Waals surface area contributed by atoms with Crippen LogP contribution in [0.1, 0.15) is 68.7 Å². The molecule has 0 spiro atoms. The van der Waals surface area contributed by atoms with Gasteiger partial charge in [0.05, 0.1) is 17.8 Å². The molecule has 198 valence electrons. The number of hydrogen-bond acceptors (Lipinski definition) is 7. The van der Waals surface area contributed by atoms with E-state index < -0.39 is 23.2 Å². The molecule has 2 aliphatic rings. The third-order valence-corrected chi connectivity index (χ3v) is 6.25. The Bertz CT molecular complexity index is 1250. The number of nitrogens with zero attached hydrogens (tertiary/aromatic N) is 3. The predicted molar refractivity (Wildman–Crippen MR) is 140 cm³/mol. The van der Waals surface area contributed by atoms with Gasteiger partial charge in [0.15, 0.2) is 0 Å². The van der Waals surface area contributed by atoms with Crippen molar-refractivity contribution in [1.29, 1.82) is 0 Å². The Morgan fingerprint density at radius 3 is 2.27 bits per heavy atom. The minimum absolute atomic E-state index is 0.0373. The summed E-state index contributed by atoms with van der Waals surface area (Å²) < 4.78 is 10.9. The Morgan fingerprint density at radius 1 is 0.946 bits per heavy atom. The number of nitrogens with one attached hydrogen (secondary N) is 1. The molecule has 37 heavy (non-hydrogen) atoms. The number of halogens is 1. The van der Waals surface area contributed by atoms with Gasteiger partial charge in [-0.1, -0.05) is 17.7 Å². The minimum Gasteiger partial charge on any atom is -0.444 e. The first kappa shape index (κ1) is 26.7. The normalized spacial score (nSPS) is 15.6. The van der Waals surface area contributed by atoms with Crippen molar-refractivity contribution in [3.63, 3.8) is 0 Å². The lowest BCUT2D eigenvalue weighted by molar-refractivity contribution is 0.0239. The Kier molecular flexibility index (Phi) is 7.12. The molecule has 1 aromatic carbocycles. The molecule has 0 atom stereocenters. The third-order valence-electron chi connectivity index (χ3n) is 5.90. The van der Waals surface area contributed by atoms with Gasteiger partial charge in [-0.05, 0) is 71.7 Å². The van der Waals surface area contributed by atoms with Gasteiger partial charge in [-0.2, -0.15) is 0 Å².